The van der Waals surface area contributed by atoms with Crippen LogP contribution in [-0.2, 0) is 0 Å². The first kappa shape index (κ1) is 12.7. The highest BCUT2D eigenvalue weighted by Crippen LogP contribution is 2.34. The number of hydrogen-bond acceptors (Lipinski definition) is 1. The van der Waals surface area contributed by atoms with Crippen molar-refractivity contribution in [3.05, 3.63) is 47.2 Å². The fourth-order valence-electron chi connectivity index (χ4n) is 2.43. The van der Waals surface area contributed by atoms with E-state index in [9.17, 15) is 4.79 Å². The number of rotatable bonds is 2. The van der Waals surface area contributed by atoms with Crippen molar-refractivity contribution in [3.8, 4) is 0 Å². The van der Waals surface area contributed by atoms with Crippen molar-refractivity contribution in [1.82, 2.24) is 10.2 Å². The van der Waals surface area contributed by atoms with Crippen LogP contribution in [0, 0.1) is 0 Å². The molecule has 1 aromatic carbocycles. The zero-order chi connectivity index (χ0) is 13.3. The van der Waals surface area contributed by atoms with E-state index in [4.69, 9.17) is 0 Å². The van der Waals surface area contributed by atoms with Crippen LogP contribution in [0.5, 0.6) is 0 Å². The molecular formula is C15H20N2O. The fraction of sp³-hybridized carbons (Fsp3) is 0.400. The normalized spacial score (nSPS) is 20.4. The monoisotopic (exact) mass is 244 g/mol. The van der Waals surface area contributed by atoms with E-state index in [0.29, 0.717) is 0 Å². The van der Waals surface area contributed by atoms with Crippen LogP contribution in [0.3, 0.4) is 0 Å². The van der Waals surface area contributed by atoms with E-state index in [1.165, 1.54) is 5.57 Å². The Balaban J connectivity index is 2.51. The third kappa shape index (κ3) is 2.13. The second-order valence-electron chi connectivity index (χ2n) is 5.05. The van der Waals surface area contributed by atoms with Crippen molar-refractivity contribution in [2.75, 3.05) is 0 Å². The van der Waals surface area contributed by atoms with Crippen molar-refractivity contribution in [2.24, 2.45) is 0 Å². The number of hydrogen-bond donors (Lipinski definition) is 1. The molecule has 18 heavy (non-hydrogen) atoms. The predicted molar refractivity (Wildman–Crippen MR) is 73.1 cm³/mol. The molecule has 1 aliphatic heterocycles. The Morgan fingerprint density at radius 3 is 2.33 bits per heavy atom. The fourth-order valence-corrected chi connectivity index (χ4v) is 2.43. The summed E-state index contributed by atoms with van der Waals surface area (Å²) in [4.78, 5) is 14.1. The first-order chi connectivity index (χ1) is 8.52. The van der Waals surface area contributed by atoms with Gasteiger partial charge in [-0.05, 0) is 38.8 Å². The lowest BCUT2D eigenvalue weighted by Crippen LogP contribution is -2.49. The van der Waals surface area contributed by atoms with Gasteiger partial charge in [-0.2, -0.15) is 0 Å². The van der Waals surface area contributed by atoms with E-state index < -0.39 is 0 Å². The summed E-state index contributed by atoms with van der Waals surface area (Å²) in [5.74, 6) is 0. The van der Waals surface area contributed by atoms with Gasteiger partial charge in [0.2, 0.25) is 0 Å². The molecule has 1 atom stereocenters. The van der Waals surface area contributed by atoms with Gasteiger partial charge in [-0.3, -0.25) is 0 Å². The van der Waals surface area contributed by atoms with Gasteiger partial charge in [0.1, 0.15) is 0 Å². The molecule has 2 rings (SSSR count). The molecule has 0 saturated heterocycles. The SMILES string of the molecule is CC1=C(C)C(c2ccccc2)N(C(C)C)C(=O)N1. The molecule has 3 heteroatoms. The summed E-state index contributed by atoms with van der Waals surface area (Å²) in [6, 6.07) is 10.4. The number of carbonyl (C=O) groups excluding carboxylic acids is 1. The summed E-state index contributed by atoms with van der Waals surface area (Å²) in [7, 11) is 0. The highest BCUT2D eigenvalue weighted by Gasteiger charge is 2.33. The number of benzene rings is 1. The highest BCUT2D eigenvalue weighted by molar-refractivity contribution is 5.79. The first-order valence-electron chi connectivity index (χ1n) is 6.34. The van der Waals surface area contributed by atoms with E-state index in [-0.39, 0.29) is 18.1 Å². The van der Waals surface area contributed by atoms with Crippen molar-refractivity contribution in [2.45, 2.75) is 39.8 Å². The Morgan fingerprint density at radius 2 is 1.78 bits per heavy atom. The Kier molecular flexibility index (Phi) is 3.41. The van der Waals surface area contributed by atoms with Crippen molar-refractivity contribution < 1.29 is 4.79 Å². The van der Waals surface area contributed by atoms with Gasteiger partial charge in [0.05, 0.1) is 6.04 Å². The lowest BCUT2D eigenvalue weighted by atomic mass is 9.94. The molecular weight excluding hydrogens is 224 g/mol. The lowest BCUT2D eigenvalue weighted by molar-refractivity contribution is 0.160. The van der Waals surface area contributed by atoms with Crippen LogP contribution < -0.4 is 5.32 Å². The maximum atomic E-state index is 12.2. The van der Waals surface area contributed by atoms with Gasteiger partial charge in [0.25, 0.3) is 0 Å². The molecule has 96 valence electrons. The molecule has 1 N–H and O–H groups in total. The van der Waals surface area contributed by atoms with Crippen LogP contribution in [0.4, 0.5) is 4.79 Å². The molecule has 0 fully saturated rings. The highest BCUT2D eigenvalue weighted by atomic mass is 16.2. The minimum atomic E-state index is -0.0121. The van der Waals surface area contributed by atoms with Gasteiger partial charge in [-0.25, -0.2) is 4.79 Å². The minimum absolute atomic E-state index is 0.0121. The van der Waals surface area contributed by atoms with Crippen LogP contribution in [0.2, 0.25) is 0 Å². The summed E-state index contributed by atoms with van der Waals surface area (Å²) >= 11 is 0. The topological polar surface area (TPSA) is 32.3 Å². The predicted octanol–water partition coefficient (Wildman–Crippen LogP) is 3.46. The number of urea groups is 1. The molecule has 2 amide bonds. The van der Waals surface area contributed by atoms with Gasteiger partial charge in [0, 0.05) is 11.7 Å². The molecule has 0 bridgehead atoms. The number of allylic oxidation sites excluding steroid dienone is 1. The molecule has 1 aliphatic rings. The van der Waals surface area contributed by atoms with E-state index in [2.05, 4.69) is 24.4 Å². The Hall–Kier alpha value is -1.77. The van der Waals surface area contributed by atoms with Crippen LogP contribution >= 0.6 is 0 Å². The summed E-state index contributed by atoms with van der Waals surface area (Å²) in [6.07, 6.45) is 0. The van der Waals surface area contributed by atoms with E-state index in [0.717, 1.165) is 11.3 Å². The quantitative estimate of drug-likeness (QED) is 0.849. The molecule has 0 aliphatic carbocycles. The third-order valence-corrected chi connectivity index (χ3v) is 3.48. The Morgan fingerprint density at radius 1 is 1.17 bits per heavy atom. The Labute approximate surface area is 108 Å². The van der Waals surface area contributed by atoms with E-state index in [1.807, 2.05) is 43.9 Å². The van der Waals surface area contributed by atoms with E-state index >= 15 is 0 Å². The van der Waals surface area contributed by atoms with Crippen molar-refractivity contribution in [1.29, 1.82) is 0 Å². The summed E-state index contributed by atoms with van der Waals surface area (Å²) in [6.45, 7) is 8.13. The average molecular weight is 244 g/mol. The largest absolute Gasteiger partial charge is 0.322 e. The lowest BCUT2D eigenvalue weighted by Gasteiger charge is -2.40. The molecule has 0 aromatic heterocycles. The minimum Gasteiger partial charge on any atom is -0.312 e. The van der Waals surface area contributed by atoms with Gasteiger partial charge >= 0.3 is 6.03 Å². The third-order valence-electron chi connectivity index (χ3n) is 3.48. The second kappa shape index (κ2) is 4.84. The molecule has 0 spiro atoms. The number of carbonyl (C=O) groups is 1. The first-order valence-corrected chi connectivity index (χ1v) is 6.34. The van der Waals surface area contributed by atoms with Gasteiger partial charge in [0.15, 0.2) is 0 Å². The zero-order valence-corrected chi connectivity index (χ0v) is 11.4. The summed E-state index contributed by atoms with van der Waals surface area (Å²) < 4.78 is 0. The van der Waals surface area contributed by atoms with Crippen LogP contribution in [-0.4, -0.2) is 17.0 Å². The summed E-state index contributed by atoms with van der Waals surface area (Å²) in [5.41, 5.74) is 3.33. The Bertz CT molecular complexity index is 477. The van der Waals surface area contributed by atoms with Crippen molar-refractivity contribution in [3.63, 3.8) is 0 Å². The molecule has 0 saturated carbocycles. The summed E-state index contributed by atoms with van der Waals surface area (Å²) in [5, 5.41) is 2.93. The number of amides is 2. The smallest absolute Gasteiger partial charge is 0.312 e. The number of nitrogens with zero attached hydrogens (tertiary/aromatic N) is 1. The maximum Gasteiger partial charge on any atom is 0.322 e. The standard InChI is InChI=1S/C15H20N2O/c1-10(2)17-14(13-8-6-5-7-9-13)11(3)12(4)16-15(17)18/h5-10,14H,1-4H3,(H,16,18). The van der Waals surface area contributed by atoms with E-state index in [1.54, 1.807) is 0 Å². The van der Waals surface area contributed by atoms with Gasteiger partial charge in [-0.1, -0.05) is 30.3 Å². The van der Waals surface area contributed by atoms with Crippen LogP contribution in [0.1, 0.15) is 39.3 Å². The molecule has 1 unspecified atom stereocenters. The average Bonchev–Trinajstić information content (AvgIpc) is 2.34. The second-order valence-corrected chi connectivity index (χ2v) is 5.05. The molecule has 0 radical (unpaired) electrons. The maximum absolute atomic E-state index is 12.2. The van der Waals surface area contributed by atoms with Crippen LogP contribution in [0.15, 0.2) is 41.6 Å². The molecule has 3 nitrogen and oxygen atoms in total. The number of nitrogens with one attached hydrogen (secondary N) is 1. The van der Waals surface area contributed by atoms with Gasteiger partial charge < -0.3 is 10.2 Å². The van der Waals surface area contributed by atoms with Crippen molar-refractivity contribution >= 4 is 6.03 Å². The molecule has 1 aromatic rings. The van der Waals surface area contributed by atoms with Gasteiger partial charge in [-0.15, -0.1) is 0 Å². The molecule has 1 heterocycles. The zero-order valence-electron chi connectivity index (χ0n) is 11.4. The van der Waals surface area contributed by atoms with Crippen LogP contribution in [0.25, 0.3) is 0 Å².